The maximum atomic E-state index is 11.7. The number of carbonyl (C=O) groups excluding carboxylic acids is 2. The molecule has 104 valence electrons. The van der Waals surface area contributed by atoms with Crippen LogP contribution in [0.15, 0.2) is 34.5 Å². The molecule has 0 radical (unpaired) electrons. The number of hydrogen-bond donors (Lipinski definition) is 2. The molecule has 2 amide bonds. The molecule has 0 bridgehead atoms. The fraction of sp³-hybridized carbons (Fsp3) is 0.231. The van der Waals surface area contributed by atoms with Gasteiger partial charge in [-0.1, -0.05) is 23.7 Å². The van der Waals surface area contributed by atoms with Gasteiger partial charge in [-0.05, 0) is 24.6 Å². The Bertz CT molecular complexity index is 598. The lowest BCUT2D eigenvalue weighted by Crippen LogP contribution is -2.29. The highest BCUT2D eigenvalue weighted by Crippen LogP contribution is 2.11. The summed E-state index contributed by atoms with van der Waals surface area (Å²) in [5.41, 5.74) is 6.07. The first-order valence-corrected chi connectivity index (χ1v) is 6.35. The molecule has 1 aliphatic heterocycles. The van der Waals surface area contributed by atoms with Crippen molar-refractivity contribution in [2.75, 3.05) is 0 Å². The predicted octanol–water partition coefficient (Wildman–Crippen LogP) is 1.30. The average molecular weight is 293 g/mol. The Morgan fingerprint density at radius 2 is 2.40 bits per heavy atom. The zero-order valence-corrected chi connectivity index (χ0v) is 11.5. The van der Waals surface area contributed by atoms with E-state index < -0.39 is 5.92 Å². The summed E-state index contributed by atoms with van der Waals surface area (Å²) in [6.45, 7) is 1.70. The highest BCUT2D eigenvalue weighted by Gasteiger charge is 2.28. The summed E-state index contributed by atoms with van der Waals surface area (Å²) in [6, 6.07) is 7.06. The van der Waals surface area contributed by atoms with Crippen molar-refractivity contribution in [2.24, 2.45) is 16.1 Å². The smallest absolute Gasteiger partial charge is 0.249 e. The van der Waals surface area contributed by atoms with Crippen LogP contribution in [0.25, 0.3) is 0 Å². The summed E-state index contributed by atoms with van der Waals surface area (Å²) < 4.78 is 0. The number of halogens is 1. The minimum absolute atomic E-state index is 0.0219. The second-order valence-corrected chi connectivity index (χ2v) is 4.77. The van der Waals surface area contributed by atoms with Gasteiger partial charge in [0.05, 0.1) is 12.1 Å². The number of nitrogens with one attached hydrogen (secondary N) is 2. The maximum absolute atomic E-state index is 11.7. The summed E-state index contributed by atoms with van der Waals surface area (Å²) in [6.07, 6.45) is 1.51. The van der Waals surface area contributed by atoms with Crippen molar-refractivity contribution < 1.29 is 9.59 Å². The van der Waals surface area contributed by atoms with Crippen molar-refractivity contribution >= 4 is 35.3 Å². The summed E-state index contributed by atoms with van der Waals surface area (Å²) in [4.78, 5) is 23.1. The van der Waals surface area contributed by atoms with Gasteiger partial charge in [0, 0.05) is 17.2 Å². The third-order valence-electron chi connectivity index (χ3n) is 2.80. The molecule has 1 aliphatic rings. The highest BCUT2D eigenvalue weighted by atomic mass is 35.5. The minimum Gasteiger partial charge on any atom is -0.273 e. The molecule has 6 nitrogen and oxygen atoms in total. The fourth-order valence-corrected chi connectivity index (χ4v) is 1.92. The topological polar surface area (TPSA) is 82.9 Å². The van der Waals surface area contributed by atoms with Crippen LogP contribution in [0.1, 0.15) is 18.9 Å². The van der Waals surface area contributed by atoms with Crippen molar-refractivity contribution in [2.45, 2.75) is 13.3 Å². The molecule has 0 saturated heterocycles. The molecule has 0 spiro atoms. The SMILES string of the molecule is CC1=NNC(=O)[C@@H]1CC(=O)N/N=C\c1cccc(Cl)c1. The Labute approximate surface area is 120 Å². The monoisotopic (exact) mass is 292 g/mol. The van der Waals surface area contributed by atoms with Gasteiger partial charge in [0.1, 0.15) is 0 Å². The van der Waals surface area contributed by atoms with Gasteiger partial charge >= 0.3 is 0 Å². The van der Waals surface area contributed by atoms with Gasteiger partial charge < -0.3 is 0 Å². The van der Waals surface area contributed by atoms with E-state index in [2.05, 4.69) is 21.1 Å². The third-order valence-corrected chi connectivity index (χ3v) is 3.04. The van der Waals surface area contributed by atoms with Crippen LogP contribution < -0.4 is 10.9 Å². The zero-order chi connectivity index (χ0) is 14.5. The summed E-state index contributed by atoms with van der Waals surface area (Å²) >= 11 is 5.83. The lowest BCUT2D eigenvalue weighted by molar-refractivity contribution is -0.127. The molecule has 1 aromatic carbocycles. The molecule has 20 heavy (non-hydrogen) atoms. The molecule has 1 atom stereocenters. The Morgan fingerprint density at radius 1 is 1.60 bits per heavy atom. The average Bonchev–Trinajstić information content (AvgIpc) is 2.71. The van der Waals surface area contributed by atoms with Gasteiger partial charge in [-0.15, -0.1) is 0 Å². The summed E-state index contributed by atoms with van der Waals surface area (Å²) in [5, 5.41) is 8.19. The first kappa shape index (κ1) is 14.2. The Hall–Kier alpha value is -2.21. The van der Waals surface area contributed by atoms with Gasteiger partial charge in [-0.2, -0.15) is 10.2 Å². The lowest BCUT2D eigenvalue weighted by Gasteiger charge is -2.05. The number of hydrazone groups is 2. The minimum atomic E-state index is -0.517. The van der Waals surface area contributed by atoms with E-state index in [-0.39, 0.29) is 18.2 Å². The second-order valence-electron chi connectivity index (χ2n) is 4.33. The molecule has 0 unspecified atom stereocenters. The Kier molecular flexibility index (Phi) is 4.47. The number of carbonyl (C=O) groups is 2. The number of amides is 2. The second kappa shape index (κ2) is 6.29. The number of rotatable bonds is 4. The first-order chi connectivity index (χ1) is 9.56. The normalized spacial score (nSPS) is 18.0. The number of hydrogen-bond acceptors (Lipinski definition) is 4. The zero-order valence-electron chi connectivity index (χ0n) is 10.8. The molecule has 2 N–H and O–H groups in total. The van der Waals surface area contributed by atoms with Crippen LogP contribution in [0, 0.1) is 5.92 Å². The summed E-state index contributed by atoms with van der Waals surface area (Å²) in [7, 11) is 0. The molecule has 1 aromatic rings. The predicted molar refractivity (Wildman–Crippen MR) is 76.5 cm³/mol. The van der Waals surface area contributed by atoms with Crippen LogP contribution in [0.2, 0.25) is 5.02 Å². The van der Waals surface area contributed by atoms with E-state index in [4.69, 9.17) is 11.6 Å². The van der Waals surface area contributed by atoms with E-state index in [1.54, 1.807) is 25.1 Å². The van der Waals surface area contributed by atoms with E-state index >= 15 is 0 Å². The van der Waals surface area contributed by atoms with E-state index in [0.29, 0.717) is 10.7 Å². The molecule has 1 heterocycles. The molecular weight excluding hydrogens is 280 g/mol. The van der Waals surface area contributed by atoms with Gasteiger partial charge in [0.15, 0.2) is 0 Å². The fourth-order valence-electron chi connectivity index (χ4n) is 1.73. The number of nitrogens with zero attached hydrogens (tertiary/aromatic N) is 2. The van der Waals surface area contributed by atoms with E-state index in [9.17, 15) is 9.59 Å². The standard InChI is InChI=1S/C13H13ClN4O2/c1-8-11(13(20)18-16-8)6-12(19)17-15-7-9-3-2-4-10(14)5-9/h2-5,7,11H,6H2,1H3,(H,17,19)(H,18,20)/b15-7-/t11-/m1/s1. The van der Waals surface area contributed by atoms with Gasteiger partial charge in [-0.25, -0.2) is 10.9 Å². The van der Waals surface area contributed by atoms with Gasteiger partial charge in [0.2, 0.25) is 11.8 Å². The van der Waals surface area contributed by atoms with E-state index in [1.807, 2.05) is 6.07 Å². The van der Waals surface area contributed by atoms with Crippen molar-refractivity contribution in [3.63, 3.8) is 0 Å². The number of benzene rings is 1. The Balaban J connectivity index is 1.86. The summed E-state index contributed by atoms with van der Waals surface area (Å²) in [5.74, 6) is -1.13. The van der Waals surface area contributed by atoms with Crippen LogP contribution in [0.3, 0.4) is 0 Å². The molecule has 0 aliphatic carbocycles. The van der Waals surface area contributed by atoms with Gasteiger partial charge in [-0.3, -0.25) is 9.59 Å². The van der Waals surface area contributed by atoms with Crippen molar-refractivity contribution in [3.05, 3.63) is 34.9 Å². The Morgan fingerprint density at radius 3 is 3.05 bits per heavy atom. The van der Waals surface area contributed by atoms with Crippen LogP contribution in [0.4, 0.5) is 0 Å². The molecule has 2 rings (SSSR count). The van der Waals surface area contributed by atoms with E-state index in [0.717, 1.165) is 5.56 Å². The largest absolute Gasteiger partial charge is 0.273 e. The van der Waals surface area contributed by atoms with Crippen molar-refractivity contribution in [3.8, 4) is 0 Å². The highest BCUT2D eigenvalue weighted by molar-refractivity contribution is 6.30. The molecule has 7 heteroatoms. The van der Waals surface area contributed by atoms with E-state index in [1.165, 1.54) is 6.21 Å². The van der Waals surface area contributed by atoms with Crippen LogP contribution in [-0.4, -0.2) is 23.7 Å². The quantitative estimate of drug-likeness (QED) is 0.648. The van der Waals surface area contributed by atoms with Crippen molar-refractivity contribution in [1.82, 2.24) is 10.9 Å². The maximum Gasteiger partial charge on any atom is 0.249 e. The molecular formula is C13H13ClN4O2. The van der Waals surface area contributed by atoms with Crippen LogP contribution >= 0.6 is 11.6 Å². The molecule has 0 saturated carbocycles. The molecule has 0 fully saturated rings. The van der Waals surface area contributed by atoms with Crippen LogP contribution in [0.5, 0.6) is 0 Å². The van der Waals surface area contributed by atoms with Crippen LogP contribution in [-0.2, 0) is 9.59 Å². The van der Waals surface area contributed by atoms with Gasteiger partial charge in [0.25, 0.3) is 0 Å². The molecule has 0 aromatic heterocycles. The van der Waals surface area contributed by atoms with Crippen molar-refractivity contribution in [1.29, 1.82) is 0 Å². The third kappa shape index (κ3) is 3.64. The first-order valence-electron chi connectivity index (χ1n) is 5.98. The lowest BCUT2D eigenvalue weighted by atomic mass is 10.0.